The molecule has 1 aromatic carbocycles. The Kier molecular flexibility index (Phi) is 5.41. The van der Waals surface area contributed by atoms with Crippen LogP contribution in [0, 0.1) is 0 Å². The lowest BCUT2D eigenvalue weighted by Crippen LogP contribution is -2.28. The molecule has 0 radical (unpaired) electrons. The number of aromatic nitrogens is 1. The highest BCUT2D eigenvalue weighted by atomic mass is 32.2. The van der Waals surface area contributed by atoms with Gasteiger partial charge in [0.2, 0.25) is 17.5 Å². The number of pyridine rings is 1. The van der Waals surface area contributed by atoms with Gasteiger partial charge in [-0.3, -0.25) is 9.69 Å². The van der Waals surface area contributed by atoms with Crippen molar-refractivity contribution in [1.29, 1.82) is 0 Å². The molecular formula is C18H20N2O5S. The standard InChI is InChI=1S/C18H20N2O5S/c1-22-13-7-11(8-14(23-2)17(13)25-4)18-20(16(21)10-26-18)12-5-6-15(24-3)19-9-12/h5-9,18H,10H2,1-4H3. The van der Waals surface area contributed by atoms with E-state index in [2.05, 4.69) is 4.98 Å². The number of nitrogens with zero attached hydrogens (tertiary/aromatic N) is 2. The largest absolute Gasteiger partial charge is 0.493 e. The van der Waals surface area contributed by atoms with Crippen LogP contribution in [0.4, 0.5) is 5.69 Å². The van der Waals surface area contributed by atoms with Crippen molar-refractivity contribution in [2.45, 2.75) is 5.37 Å². The van der Waals surface area contributed by atoms with Crippen LogP contribution in [0.1, 0.15) is 10.9 Å². The summed E-state index contributed by atoms with van der Waals surface area (Å²) in [6, 6.07) is 7.28. The van der Waals surface area contributed by atoms with Gasteiger partial charge in [-0.15, -0.1) is 11.8 Å². The second-order valence-corrected chi connectivity index (χ2v) is 6.51. The van der Waals surface area contributed by atoms with Crippen LogP contribution in [-0.4, -0.2) is 45.1 Å². The number of anilines is 1. The Balaban J connectivity index is 2.02. The third-order valence-corrected chi connectivity index (χ3v) is 5.26. The lowest BCUT2D eigenvalue weighted by atomic mass is 10.1. The number of methoxy groups -OCH3 is 4. The van der Waals surface area contributed by atoms with Gasteiger partial charge in [0.1, 0.15) is 5.37 Å². The summed E-state index contributed by atoms with van der Waals surface area (Å²) in [5.74, 6) is 2.51. The van der Waals surface area contributed by atoms with Crippen LogP contribution in [-0.2, 0) is 4.79 Å². The van der Waals surface area contributed by atoms with E-state index in [0.29, 0.717) is 34.6 Å². The minimum Gasteiger partial charge on any atom is -0.493 e. The molecule has 0 spiro atoms. The Morgan fingerprint density at radius 1 is 1.04 bits per heavy atom. The third kappa shape index (κ3) is 3.24. The summed E-state index contributed by atoms with van der Waals surface area (Å²) in [6.45, 7) is 0. The van der Waals surface area contributed by atoms with Gasteiger partial charge in [-0.1, -0.05) is 0 Å². The number of hydrogen-bond donors (Lipinski definition) is 0. The maximum Gasteiger partial charge on any atom is 0.238 e. The second kappa shape index (κ2) is 7.74. The molecule has 0 aliphatic carbocycles. The Labute approximate surface area is 156 Å². The second-order valence-electron chi connectivity index (χ2n) is 5.44. The molecule has 1 aliphatic rings. The van der Waals surface area contributed by atoms with E-state index in [9.17, 15) is 4.79 Å². The van der Waals surface area contributed by atoms with Crippen LogP contribution in [0.5, 0.6) is 23.1 Å². The molecular weight excluding hydrogens is 356 g/mol. The summed E-state index contributed by atoms with van der Waals surface area (Å²) in [4.78, 5) is 18.4. The summed E-state index contributed by atoms with van der Waals surface area (Å²) in [5.41, 5.74) is 1.59. The van der Waals surface area contributed by atoms with E-state index >= 15 is 0 Å². The first-order chi connectivity index (χ1) is 12.6. The Morgan fingerprint density at radius 3 is 2.23 bits per heavy atom. The fraction of sp³-hybridized carbons (Fsp3) is 0.333. The van der Waals surface area contributed by atoms with Gasteiger partial charge in [0, 0.05) is 6.07 Å². The maximum absolute atomic E-state index is 12.5. The Hall–Kier alpha value is -2.61. The van der Waals surface area contributed by atoms with Crippen molar-refractivity contribution < 1.29 is 23.7 Å². The molecule has 1 fully saturated rings. The molecule has 0 N–H and O–H groups in total. The molecule has 8 heteroatoms. The monoisotopic (exact) mass is 376 g/mol. The van der Waals surface area contributed by atoms with Gasteiger partial charge >= 0.3 is 0 Å². The zero-order valence-corrected chi connectivity index (χ0v) is 15.8. The summed E-state index contributed by atoms with van der Waals surface area (Å²) < 4.78 is 21.3. The molecule has 0 bridgehead atoms. The zero-order chi connectivity index (χ0) is 18.7. The fourth-order valence-corrected chi connectivity index (χ4v) is 3.99. The van der Waals surface area contributed by atoms with Crippen LogP contribution in [0.3, 0.4) is 0 Å². The highest BCUT2D eigenvalue weighted by Crippen LogP contribution is 2.47. The van der Waals surface area contributed by atoms with Crippen molar-refractivity contribution in [1.82, 2.24) is 4.98 Å². The van der Waals surface area contributed by atoms with Gasteiger partial charge < -0.3 is 18.9 Å². The quantitative estimate of drug-likeness (QED) is 0.768. The van der Waals surface area contributed by atoms with E-state index in [4.69, 9.17) is 18.9 Å². The van der Waals surface area contributed by atoms with E-state index in [1.165, 1.54) is 11.8 Å². The molecule has 1 atom stereocenters. The molecule has 2 heterocycles. The van der Waals surface area contributed by atoms with Gasteiger partial charge in [0.05, 0.1) is 46.1 Å². The number of amides is 1. The molecule has 0 saturated carbocycles. The first-order valence-corrected chi connectivity index (χ1v) is 8.91. The Morgan fingerprint density at radius 2 is 1.73 bits per heavy atom. The summed E-state index contributed by atoms with van der Waals surface area (Å²) in [5, 5.41) is -0.216. The molecule has 138 valence electrons. The molecule has 1 unspecified atom stereocenters. The average Bonchev–Trinajstić information content (AvgIpc) is 3.08. The smallest absolute Gasteiger partial charge is 0.238 e. The SMILES string of the molecule is COc1ccc(N2C(=O)CSC2c2cc(OC)c(OC)c(OC)c2)cn1. The maximum atomic E-state index is 12.5. The molecule has 1 saturated heterocycles. The first-order valence-electron chi connectivity index (χ1n) is 7.86. The van der Waals surface area contributed by atoms with E-state index in [-0.39, 0.29) is 11.3 Å². The van der Waals surface area contributed by atoms with E-state index < -0.39 is 0 Å². The molecule has 3 rings (SSSR count). The first kappa shape index (κ1) is 18.2. The van der Waals surface area contributed by atoms with Crippen LogP contribution in [0.2, 0.25) is 0 Å². The molecule has 1 amide bonds. The van der Waals surface area contributed by atoms with Gasteiger partial charge in [0.15, 0.2) is 11.5 Å². The highest BCUT2D eigenvalue weighted by Gasteiger charge is 2.35. The topological polar surface area (TPSA) is 70.1 Å². The van der Waals surface area contributed by atoms with Crippen LogP contribution in [0.15, 0.2) is 30.5 Å². The number of carbonyl (C=O) groups is 1. The summed E-state index contributed by atoms with van der Waals surface area (Å²) >= 11 is 1.53. The molecule has 1 aromatic heterocycles. The number of rotatable bonds is 6. The number of hydrogen-bond acceptors (Lipinski definition) is 7. The predicted octanol–water partition coefficient (Wildman–Crippen LogP) is 2.89. The predicted molar refractivity (Wildman–Crippen MR) is 99.6 cm³/mol. The van der Waals surface area contributed by atoms with Crippen LogP contribution in [0.25, 0.3) is 0 Å². The van der Waals surface area contributed by atoms with Crippen molar-refractivity contribution in [2.75, 3.05) is 39.1 Å². The van der Waals surface area contributed by atoms with Crippen LogP contribution < -0.4 is 23.8 Å². The van der Waals surface area contributed by atoms with Gasteiger partial charge in [-0.2, -0.15) is 0 Å². The lowest BCUT2D eigenvalue weighted by Gasteiger charge is -2.25. The Bertz CT molecular complexity index is 772. The molecule has 1 aliphatic heterocycles. The molecule has 2 aromatic rings. The third-order valence-electron chi connectivity index (χ3n) is 4.05. The molecule has 26 heavy (non-hydrogen) atoms. The molecule has 7 nitrogen and oxygen atoms in total. The zero-order valence-electron chi connectivity index (χ0n) is 15.0. The van der Waals surface area contributed by atoms with Crippen LogP contribution >= 0.6 is 11.8 Å². The van der Waals surface area contributed by atoms with Crippen molar-refractivity contribution in [3.8, 4) is 23.1 Å². The number of benzene rings is 1. The average molecular weight is 376 g/mol. The normalized spacial score (nSPS) is 16.5. The van der Waals surface area contributed by atoms with E-state index in [1.807, 2.05) is 18.2 Å². The van der Waals surface area contributed by atoms with E-state index in [0.717, 1.165) is 5.56 Å². The number of carbonyl (C=O) groups excluding carboxylic acids is 1. The summed E-state index contributed by atoms with van der Waals surface area (Å²) in [6.07, 6.45) is 1.63. The van der Waals surface area contributed by atoms with Crippen molar-refractivity contribution >= 4 is 23.4 Å². The lowest BCUT2D eigenvalue weighted by molar-refractivity contribution is -0.115. The minimum absolute atomic E-state index is 0.0146. The fourth-order valence-electron chi connectivity index (χ4n) is 2.83. The van der Waals surface area contributed by atoms with Gasteiger partial charge in [-0.05, 0) is 23.8 Å². The minimum atomic E-state index is -0.216. The van der Waals surface area contributed by atoms with Crippen molar-refractivity contribution in [2.24, 2.45) is 0 Å². The number of ether oxygens (including phenoxy) is 4. The van der Waals surface area contributed by atoms with Crippen molar-refractivity contribution in [3.63, 3.8) is 0 Å². The highest BCUT2D eigenvalue weighted by molar-refractivity contribution is 8.00. The van der Waals surface area contributed by atoms with Gasteiger partial charge in [0.25, 0.3) is 0 Å². The number of thioether (sulfide) groups is 1. The van der Waals surface area contributed by atoms with Gasteiger partial charge in [-0.25, -0.2) is 4.98 Å². The summed E-state index contributed by atoms with van der Waals surface area (Å²) in [7, 11) is 6.25. The van der Waals surface area contributed by atoms with Crippen molar-refractivity contribution in [3.05, 3.63) is 36.0 Å². The van der Waals surface area contributed by atoms with E-state index in [1.54, 1.807) is 45.6 Å².